The van der Waals surface area contributed by atoms with E-state index in [4.69, 9.17) is 20.8 Å². The van der Waals surface area contributed by atoms with E-state index >= 15 is 0 Å². The quantitative estimate of drug-likeness (QED) is 0.414. The summed E-state index contributed by atoms with van der Waals surface area (Å²) in [6.45, 7) is 8.00. The highest BCUT2D eigenvalue weighted by atomic mass is 35.5. The number of ether oxygens (including phenoxy) is 1. The Morgan fingerprint density at radius 1 is 1.19 bits per heavy atom. The molecule has 1 amide bonds. The number of carbonyl (C=O) groups excluding carboxylic acids is 1. The largest absolute Gasteiger partial charge is 0.506 e. The first-order valence-electron chi connectivity index (χ1n) is 12.3. The molecule has 1 saturated heterocycles. The van der Waals surface area contributed by atoms with E-state index < -0.39 is 5.41 Å². The summed E-state index contributed by atoms with van der Waals surface area (Å²) in [5, 5.41) is 13.6. The highest BCUT2D eigenvalue weighted by Gasteiger charge is 2.31. The average molecular weight is 512 g/mol. The van der Waals surface area contributed by atoms with Gasteiger partial charge >= 0.3 is 0 Å². The first kappa shape index (κ1) is 26.2. The first-order valence-corrected chi connectivity index (χ1v) is 12.7. The molecule has 0 unspecified atom stereocenters. The lowest BCUT2D eigenvalue weighted by Gasteiger charge is -2.31. The van der Waals surface area contributed by atoms with Crippen LogP contribution >= 0.6 is 11.6 Å². The number of hydrogen-bond acceptors (Lipinski definition) is 6. The monoisotopic (exact) mass is 511 g/mol. The second kappa shape index (κ2) is 11.5. The fraction of sp³-hybridized carbons (Fsp3) is 0.429. The van der Waals surface area contributed by atoms with Gasteiger partial charge in [-0.25, -0.2) is 0 Å². The molecule has 1 fully saturated rings. The molecule has 8 heteroatoms. The van der Waals surface area contributed by atoms with E-state index in [1.54, 1.807) is 31.6 Å². The molecule has 3 aromatic rings. The van der Waals surface area contributed by atoms with Gasteiger partial charge < -0.3 is 24.5 Å². The molecular weight excluding hydrogens is 478 g/mol. The van der Waals surface area contributed by atoms with E-state index in [-0.39, 0.29) is 22.6 Å². The zero-order valence-corrected chi connectivity index (χ0v) is 21.8. The summed E-state index contributed by atoms with van der Waals surface area (Å²) in [6.07, 6.45) is 5.17. The van der Waals surface area contributed by atoms with Crippen molar-refractivity contribution in [3.63, 3.8) is 0 Å². The van der Waals surface area contributed by atoms with Gasteiger partial charge in [-0.1, -0.05) is 25.4 Å². The Hall–Kier alpha value is -2.87. The number of aromatic nitrogens is 1. The van der Waals surface area contributed by atoms with E-state index in [1.807, 2.05) is 24.3 Å². The van der Waals surface area contributed by atoms with Crippen molar-refractivity contribution in [2.24, 2.45) is 5.92 Å². The highest BCUT2D eigenvalue weighted by Crippen LogP contribution is 2.40. The van der Waals surface area contributed by atoms with Crippen molar-refractivity contribution in [2.75, 3.05) is 39.9 Å². The van der Waals surface area contributed by atoms with Crippen molar-refractivity contribution in [2.45, 2.75) is 32.1 Å². The lowest BCUT2D eigenvalue weighted by Crippen LogP contribution is -2.44. The lowest BCUT2D eigenvalue weighted by atomic mass is 9.88. The minimum absolute atomic E-state index is 0.00686. The van der Waals surface area contributed by atoms with Gasteiger partial charge in [0.05, 0.1) is 11.6 Å². The minimum Gasteiger partial charge on any atom is -0.506 e. The summed E-state index contributed by atoms with van der Waals surface area (Å²) in [6, 6.07) is 10.9. The summed E-state index contributed by atoms with van der Waals surface area (Å²) >= 11 is 6.03. The van der Waals surface area contributed by atoms with Gasteiger partial charge in [0.1, 0.15) is 17.3 Å². The van der Waals surface area contributed by atoms with Crippen molar-refractivity contribution in [1.29, 1.82) is 0 Å². The van der Waals surface area contributed by atoms with Crippen LogP contribution in [0.5, 0.6) is 5.75 Å². The summed E-state index contributed by atoms with van der Waals surface area (Å²) in [5.74, 6) is 1.49. The molecule has 7 nitrogen and oxygen atoms in total. The Labute approximate surface area is 217 Å². The molecule has 1 aliphatic heterocycles. The molecule has 0 bridgehead atoms. The molecule has 1 aliphatic rings. The number of furan rings is 1. The van der Waals surface area contributed by atoms with Crippen LogP contribution in [0.4, 0.5) is 0 Å². The molecule has 0 aliphatic carbocycles. The van der Waals surface area contributed by atoms with Crippen LogP contribution in [0.15, 0.2) is 53.2 Å². The predicted molar refractivity (Wildman–Crippen MR) is 141 cm³/mol. The number of methoxy groups -OCH3 is 1. The molecule has 0 saturated carbocycles. The van der Waals surface area contributed by atoms with Crippen molar-refractivity contribution in [3.8, 4) is 28.2 Å². The van der Waals surface area contributed by atoms with E-state index in [0.29, 0.717) is 18.9 Å². The summed E-state index contributed by atoms with van der Waals surface area (Å²) in [4.78, 5) is 19.4. The number of nitrogens with one attached hydrogen (secondary N) is 1. The van der Waals surface area contributed by atoms with Gasteiger partial charge in [0, 0.05) is 55.1 Å². The van der Waals surface area contributed by atoms with Crippen LogP contribution in [0, 0.1) is 5.92 Å². The summed E-state index contributed by atoms with van der Waals surface area (Å²) < 4.78 is 11.6. The molecule has 2 N–H and O–H groups in total. The predicted octanol–water partition coefficient (Wildman–Crippen LogP) is 5.12. The number of halogens is 1. The standard InChI is InChI=1S/C28H34ClN3O4/c1-28(2,18-31-27(34)20-8-12-32(13-9-20)14-15-35-3)25-17-22(19-6-10-30-11-7-19)26(36-25)21-4-5-23(29)24(33)16-21/h4-7,10-11,16-17,20,33H,8-9,12-15,18H2,1-3H3,(H,31,34). The molecular formula is C28H34ClN3O4. The Morgan fingerprint density at radius 2 is 1.92 bits per heavy atom. The van der Waals surface area contributed by atoms with Gasteiger partial charge in [0.2, 0.25) is 5.91 Å². The van der Waals surface area contributed by atoms with Crippen LogP contribution in [0.1, 0.15) is 32.4 Å². The number of phenolic OH excluding ortho intramolecular Hbond substituents is 1. The number of rotatable bonds is 9. The van der Waals surface area contributed by atoms with Crippen molar-refractivity contribution >= 4 is 17.5 Å². The SMILES string of the molecule is COCCN1CCC(C(=O)NCC(C)(C)c2cc(-c3ccncc3)c(-c3ccc(Cl)c(O)c3)o2)CC1. The Balaban J connectivity index is 1.50. The number of benzene rings is 1. The van der Waals surface area contributed by atoms with Crippen molar-refractivity contribution in [1.82, 2.24) is 15.2 Å². The third-order valence-corrected chi connectivity index (χ3v) is 7.19. The summed E-state index contributed by atoms with van der Waals surface area (Å²) in [5.41, 5.74) is 2.10. The number of piperidine rings is 1. The van der Waals surface area contributed by atoms with E-state index in [0.717, 1.165) is 54.9 Å². The third-order valence-electron chi connectivity index (χ3n) is 6.87. The van der Waals surface area contributed by atoms with Crippen molar-refractivity contribution in [3.05, 3.63) is 59.6 Å². The van der Waals surface area contributed by atoms with Crippen LogP contribution in [0.2, 0.25) is 5.02 Å². The van der Waals surface area contributed by atoms with Gasteiger partial charge in [0.25, 0.3) is 0 Å². The topological polar surface area (TPSA) is 87.8 Å². The van der Waals surface area contributed by atoms with Crippen LogP contribution in [-0.4, -0.2) is 60.8 Å². The fourth-order valence-corrected chi connectivity index (χ4v) is 4.64. The van der Waals surface area contributed by atoms with E-state index in [1.165, 1.54) is 0 Å². The van der Waals surface area contributed by atoms with E-state index in [9.17, 15) is 9.90 Å². The second-order valence-corrected chi connectivity index (χ2v) is 10.4. The molecule has 4 rings (SSSR count). The molecule has 192 valence electrons. The smallest absolute Gasteiger partial charge is 0.223 e. The second-order valence-electron chi connectivity index (χ2n) is 9.97. The van der Waals surface area contributed by atoms with Gasteiger partial charge in [-0.05, 0) is 67.9 Å². The molecule has 0 atom stereocenters. The zero-order chi connectivity index (χ0) is 25.7. The van der Waals surface area contributed by atoms with Crippen LogP contribution in [0.25, 0.3) is 22.5 Å². The van der Waals surface area contributed by atoms with Crippen LogP contribution in [0.3, 0.4) is 0 Å². The zero-order valence-electron chi connectivity index (χ0n) is 21.1. The van der Waals surface area contributed by atoms with Gasteiger partial charge in [0.15, 0.2) is 0 Å². The van der Waals surface area contributed by atoms with Gasteiger partial charge in [-0.3, -0.25) is 9.78 Å². The maximum atomic E-state index is 12.9. The van der Waals surface area contributed by atoms with Gasteiger partial charge in [-0.15, -0.1) is 0 Å². The Morgan fingerprint density at radius 3 is 2.58 bits per heavy atom. The maximum Gasteiger partial charge on any atom is 0.223 e. The van der Waals surface area contributed by atoms with E-state index in [2.05, 4.69) is 29.0 Å². The number of pyridine rings is 1. The summed E-state index contributed by atoms with van der Waals surface area (Å²) in [7, 11) is 1.71. The fourth-order valence-electron chi connectivity index (χ4n) is 4.52. The molecule has 3 heterocycles. The number of nitrogens with zero attached hydrogens (tertiary/aromatic N) is 2. The number of carbonyl (C=O) groups is 1. The van der Waals surface area contributed by atoms with Gasteiger partial charge in [-0.2, -0.15) is 0 Å². The highest BCUT2D eigenvalue weighted by molar-refractivity contribution is 6.32. The van der Waals surface area contributed by atoms with Crippen LogP contribution < -0.4 is 5.32 Å². The maximum absolute atomic E-state index is 12.9. The lowest BCUT2D eigenvalue weighted by molar-refractivity contribution is -0.126. The molecule has 2 aromatic heterocycles. The average Bonchev–Trinajstić information content (AvgIpc) is 3.35. The Bertz CT molecular complexity index is 1170. The number of hydrogen-bond donors (Lipinski definition) is 2. The normalized spacial score (nSPS) is 15.2. The molecule has 0 radical (unpaired) electrons. The number of likely N-dealkylation sites (tertiary alicyclic amines) is 1. The number of aromatic hydroxyl groups is 1. The Kier molecular flexibility index (Phi) is 8.34. The molecule has 36 heavy (non-hydrogen) atoms. The first-order chi connectivity index (χ1) is 17.3. The van der Waals surface area contributed by atoms with Crippen LogP contribution in [-0.2, 0) is 14.9 Å². The molecule has 0 spiro atoms. The molecule has 1 aromatic carbocycles. The number of amides is 1. The third kappa shape index (κ3) is 6.09. The minimum atomic E-state index is -0.455. The number of phenols is 1. The van der Waals surface area contributed by atoms with Crippen molar-refractivity contribution < 1.29 is 19.1 Å².